The van der Waals surface area contributed by atoms with Gasteiger partial charge in [0.2, 0.25) is 0 Å². The molecule has 0 saturated carbocycles. The van der Waals surface area contributed by atoms with E-state index in [-0.39, 0.29) is 11.3 Å². The first-order chi connectivity index (χ1) is 8.45. The molecule has 0 bridgehead atoms. The number of carbonyl (C=O) groups excluding carboxylic acids is 1. The van der Waals surface area contributed by atoms with Gasteiger partial charge in [-0.05, 0) is 38.5 Å². The van der Waals surface area contributed by atoms with Gasteiger partial charge in [0, 0.05) is 23.0 Å². The van der Waals surface area contributed by atoms with Crippen LogP contribution in [0.15, 0.2) is 18.2 Å². The number of hydrogen-bond donors (Lipinski definition) is 0. The van der Waals surface area contributed by atoms with Crippen molar-refractivity contribution < 1.29 is 13.6 Å². The molecule has 0 N–H and O–H groups in total. The molecule has 94 valence electrons. The van der Waals surface area contributed by atoms with Crippen LogP contribution in [-0.2, 0) is 0 Å². The fourth-order valence-electron chi connectivity index (χ4n) is 2.08. The summed E-state index contributed by atoms with van der Waals surface area (Å²) in [6.07, 6.45) is 0.710. The average molecular weight is 249 g/mol. The maximum Gasteiger partial charge on any atom is 0.151 e. The zero-order valence-corrected chi connectivity index (χ0v) is 10.4. The molecule has 0 aliphatic heterocycles. The first-order valence-corrected chi connectivity index (χ1v) is 5.56. The number of rotatable bonds is 2. The number of aldehydes is 1. The molecular weight excluding hydrogens is 236 g/mol. The van der Waals surface area contributed by atoms with E-state index in [1.165, 1.54) is 6.92 Å². The molecule has 4 heteroatoms. The fourth-order valence-corrected chi connectivity index (χ4v) is 2.08. The van der Waals surface area contributed by atoms with Crippen molar-refractivity contribution in [1.82, 2.24) is 4.57 Å². The normalized spacial score (nSPS) is 10.7. The molecule has 0 aliphatic rings. The van der Waals surface area contributed by atoms with Crippen LogP contribution in [0.25, 0.3) is 5.69 Å². The Bertz CT molecular complexity index is 629. The summed E-state index contributed by atoms with van der Waals surface area (Å²) in [5.41, 5.74) is 2.16. The molecule has 0 radical (unpaired) electrons. The van der Waals surface area contributed by atoms with Gasteiger partial charge in [0.25, 0.3) is 0 Å². The summed E-state index contributed by atoms with van der Waals surface area (Å²) in [5, 5.41) is 0. The van der Waals surface area contributed by atoms with Crippen LogP contribution in [0.4, 0.5) is 8.78 Å². The van der Waals surface area contributed by atoms with Gasteiger partial charge in [-0.25, -0.2) is 8.78 Å². The molecule has 0 spiro atoms. The molecule has 2 rings (SSSR count). The van der Waals surface area contributed by atoms with Crippen LogP contribution in [0.3, 0.4) is 0 Å². The van der Waals surface area contributed by atoms with Crippen molar-refractivity contribution in [2.45, 2.75) is 20.8 Å². The van der Waals surface area contributed by atoms with Crippen molar-refractivity contribution in [1.29, 1.82) is 0 Å². The second kappa shape index (κ2) is 4.37. The van der Waals surface area contributed by atoms with E-state index in [1.54, 1.807) is 24.5 Å². The Morgan fingerprint density at radius 3 is 2.28 bits per heavy atom. The van der Waals surface area contributed by atoms with E-state index in [9.17, 15) is 13.6 Å². The molecule has 1 aromatic heterocycles. The van der Waals surface area contributed by atoms with Crippen LogP contribution in [0.2, 0.25) is 0 Å². The number of halogens is 2. The third kappa shape index (κ3) is 1.83. The standard InChI is InChI=1S/C14H13F2NO/c1-8-4-13(16)14(6-12(8)15)17-9(2)5-11(7-18)10(17)3/h4-7H,1-3H3. The molecule has 1 aromatic carbocycles. The minimum atomic E-state index is -0.506. The maximum absolute atomic E-state index is 13.9. The summed E-state index contributed by atoms with van der Waals surface area (Å²) >= 11 is 0. The van der Waals surface area contributed by atoms with E-state index in [1.807, 2.05) is 0 Å². The highest BCUT2D eigenvalue weighted by atomic mass is 19.1. The third-order valence-electron chi connectivity index (χ3n) is 3.07. The molecular formula is C14H13F2NO. The number of aromatic nitrogens is 1. The lowest BCUT2D eigenvalue weighted by Gasteiger charge is -2.11. The topological polar surface area (TPSA) is 22.0 Å². The highest BCUT2D eigenvalue weighted by Gasteiger charge is 2.15. The van der Waals surface area contributed by atoms with E-state index in [0.29, 0.717) is 23.2 Å². The number of nitrogens with zero attached hydrogens (tertiary/aromatic N) is 1. The summed E-state index contributed by atoms with van der Waals surface area (Å²) in [6.45, 7) is 4.96. The van der Waals surface area contributed by atoms with Crippen molar-refractivity contribution in [3.8, 4) is 5.69 Å². The molecule has 0 atom stereocenters. The molecule has 18 heavy (non-hydrogen) atoms. The van der Waals surface area contributed by atoms with Crippen molar-refractivity contribution in [3.05, 3.63) is 52.3 Å². The zero-order valence-electron chi connectivity index (χ0n) is 10.4. The van der Waals surface area contributed by atoms with E-state index >= 15 is 0 Å². The predicted octanol–water partition coefficient (Wildman–Crippen LogP) is 3.49. The van der Waals surface area contributed by atoms with Gasteiger partial charge in [-0.1, -0.05) is 0 Å². The van der Waals surface area contributed by atoms with Crippen molar-refractivity contribution >= 4 is 6.29 Å². The molecule has 0 amide bonds. The van der Waals surface area contributed by atoms with Gasteiger partial charge < -0.3 is 4.57 Å². The SMILES string of the molecule is Cc1cc(F)c(-n2c(C)cc(C=O)c2C)cc1F. The number of hydrogen-bond acceptors (Lipinski definition) is 1. The van der Waals surface area contributed by atoms with E-state index in [0.717, 1.165) is 12.1 Å². The lowest BCUT2D eigenvalue weighted by Crippen LogP contribution is -2.04. The monoisotopic (exact) mass is 249 g/mol. The van der Waals surface area contributed by atoms with E-state index < -0.39 is 11.6 Å². The maximum atomic E-state index is 13.9. The highest BCUT2D eigenvalue weighted by Crippen LogP contribution is 2.24. The molecule has 0 aliphatic carbocycles. The van der Waals surface area contributed by atoms with Gasteiger partial charge in [-0.15, -0.1) is 0 Å². The first kappa shape index (κ1) is 12.5. The van der Waals surface area contributed by atoms with Gasteiger partial charge >= 0.3 is 0 Å². The lowest BCUT2D eigenvalue weighted by molar-refractivity contribution is 0.112. The molecule has 0 saturated heterocycles. The smallest absolute Gasteiger partial charge is 0.151 e. The molecule has 1 heterocycles. The van der Waals surface area contributed by atoms with Crippen LogP contribution in [0, 0.1) is 32.4 Å². The Labute approximate surface area is 104 Å². The van der Waals surface area contributed by atoms with Gasteiger partial charge in [-0.3, -0.25) is 4.79 Å². The van der Waals surface area contributed by atoms with E-state index in [4.69, 9.17) is 0 Å². The summed E-state index contributed by atoms with van der Waals surface area (Å²) < 4.78 is 29.0. The second-order valence-corrected chi connectivity index (χ2v) is 4.33. The summed E-state index contributed by atoms with van der Waals surface area (Å²) in [6, 6.07) is 3.96. The quantitative estimate of drug-likeness (QED) is 0.747. The summed E-state index contributed by atoms with van der Waals surface area (Å²) in [5.74, 6) is -0.972. The summed E-state index contributed by atoms with van der Waals surface area (Å²) in [4.78, 5) is 10.8. The Kier molecular flexibility index (Phi) is 3.03. The Hall–Kier alpha value is -1.97. The van der Waals surface area contributed by atoms with Crippen LogP contribution in [0.1, 0.15) is 27.3 Å². The molecule has 0 fully saturated rings. The Morgan fingerprint density at radius 2 is 1.72 bits per heavy atom. The first-order valence-electron chi connectivity index (χ1n) is 5.56. The van der Waals surface area contributed by atoms with Crippen LogP contribution >= 0.6 is 0 Å². The third-order valence-corrected chi connectivity index (χ3v) is 3.07. The van der Waals surface area contributed by atoms with E-state index in [2.05, 4.69) is 0 Å². The average Bonchev–Trinajstić information content (AvgIpc) is 2.59. The van der Waals surface area contributed by atoms with Crippen molar-refractivity contribution in [2.24, 2.45) is 0 Å². The molecule has 2 aromatic rings. The number of carbonyl (C=O) groups is 1. The minimum absolute atomic E-state index is 0.126. The van der Waals surface area contributed by atoms with Gasteiger partial charge in [0.1, 0.15) is 11.6 Å². The highest BCUT2D eigenvalue weighted by molar-refractivity contribution is 5.77. The van der Waals surface area contributed by atoms with Gasteiger partial charge in [0.05, 0.1) is 5.69 Å². The lowest BCUT2D eigenvalue weighted by atomic mass is 10.2. The van der Waals surface area contributed by atoms with Gasteiger partial charge in [0.15, 0.2) is 6.29 Å². The fraction of sp³-hybridized carbons (Fsp3) is 0.214. The minimum Gasteiger partial charge on any atom is -0.315 e. The largest absolute Gasteiger partial charge is 0.315 e. The molecule has 0 unspecified atom stereocenters. The van der Waals surface area contributed by atoms with Crippen LogP contribution in [-0.4, -0.2) is 10.9 Å². The second-order valence-electron chi connectivity index (χ2n) is 4.33. The summed E-state index contributed by atoms with van der Waals surface area (Å²) in [7, 11) is 0. The zero-order chi connectivity index (χ0) is 13.4. The van der Waals surface area contributed by atoms with Crippen LogP contribution < -0.4 is 0 Å². The number of benzene rings is 1. The van der Waals surface area contributed by atoms with Gasteiger partial charge in [-0.2, -0.15) is 0 Å². The van der Waals surface area contributed by atoms with Crippen molar-refractivity contribution in [3.63, 3.8) is 0 Å². The number of aryl methyl sites for hydroxylation is 2. The Balaban J connectivity index is 2.73. The van der Waals surface area contributed by atoms with Crippen molar-refractivity contribution in [2.75, 3.05) is 0 Å². The molecule has 2 nitrogen and oxygen atoms in total. The predicted molar refractivity (Wildman–Crippen MR) is 65.3 cm³/mol. The van der Waals surface area contributed by atoms with Crippen LogP contribution in [0.5, 0.6) is 0 Å². The Morgan fingerprint density at radius 1 is 1.06 bits per heavy atom.